The van der Waals surface area contributed by atoms with Gasteiger partial charge in [-0.3, -0.25) is 9.59 Å². The highest BCUT2D eigenvalue weighted by Gasteiger charge is 2.34. The van der Waals surface area contributed by atoms with E-state index in [1.54, 1.807) is 24.8 Å². The molecule has 0 atom stereocenters. The lowest BCUT2D eigenvalue weighted by Gasteiger charge is -2.38. The molecule has 144 valence electrons. The minimum Gasteiger partial charge on any atom is -0.361 e. The van der Waals surface area contributed by atoms with E-state index in [1.807, 2.05) is 4.90 Å². The van der Waals surface area contributed by atoms with Gasteiger partial charge in [0.05, 0.1) is 0 Å². The third kappa shape index (κ3) is 3.72. The van der Waals surface area contributed by atoms with Gasteiger partial charge >= 0.3 is 0 Å². The van der Waals surface area contributed by atoms with Crippen molar-refractivity contribution in [2.75, 3.05) is 26.2 Å². The van der Waals surface area contributed by atoms with Crippen molar-refractivity contribution < 1.29 is 18.6 Å². The molecule has 2 saturated heterocycles. The molecule has 0 saturated carbocycles. The van der Waals surface area contributed by atoms with Crippen molar-refractivity contribution in [3.8, 4) is 0 Å². The van der Waals surface area contributed by atoms with Crippen molar-refractivity contribution in [2.24, 2.45) is 5.92 Å². The van der Waals surface area contributed by atoms with Crippen molar-refractivity contribution >= 4 is 11.8 Å². The molecule has 4 rings (SSSR count). The normalized spacial score (nSPS) is 18.6. The highest BCUT2D eigenvalue weighted by molar-refractivity contribution is 5.92. The minimum atomic E-state index is -0.105. The Morgan fingerprint density at radius 1 is 1.15 bits per heavy atom. The van der Waals surface area contributed by atoms with E-state index in [1.165, 1.54) is 0 Å². The molecule has 9 heteroatoms. The number of hydrogen-bond donors (Lipinski definition) is 0. The maximum absolute atomic E-state index is 12.2. The van der Waals surface area contributed by atoms with Gasteiger partial charge in [0, 0.05) is 57.4 Å². The number of aryl methyl sites for hydroxylation is 1. The summed E-state index contributed by atoms with van der Waals surface area (Å²) in [5.74, 6) is 2.55. The van der Waals surface area contributed by atoms with Crippen LogP contribution in [0.2, 0.25) is 0 Å². The molecule has 2 aromatic heterocycles. The van der Waals surface area contributed by atoms with Crippen LogP contribution in [-0.4, -0.2) is 63.1 Å². The van der Waals surface area contributed by atoms with Crippen LogP contribution in [0, 0.1) is 12.8 Å². The molecular weight excluding hydrogens is 350 g/mol. The third-order valence-electron chi connectivity index (χ3n) is 5.34. The molecule has 2 aliphatic rings. The fourth-order valence-corrected chi connectivity index (χ4v) is 3.71. The van der Waals surface area contributed by atoms with E-state index in [-0.39, 0.29) is 17.7 Å². The Morgan fingerprint density at radius 3 is 2.52 bits per heavy atom. The van der Waals surface area contributed by atoms with Crippen LogP contribution in [0.15, 0.2) is 15.1 Å². The number of aromatic nitrogens is 3. The summed E-state index contributed by atoms with van der Waals surface area (Å²) in [5, 5.41) is 7.90. The number of nitrogens with zero attached hydrogens (tertiary/aromatic N) is 5. The second kappa shape index (κ2) is 7.13. The summed E-state index contributed by atoms with van der Waals surface area (Å²) < 4.78 is 10.4. The summed E-state index contributed by atoms with van der Waals surface area (Å²) in [6.07, 6.45) is 2.39. The molecule has 0 radical (unpaired) electrons. The maximum Gasteiger partial charge on any atom is 0.276 e. The molecule has 2 fully saturated rings. The zero-order chi connectivity index (χ0) is 19.0. The predicted octanol–water partition coefficient (Wildman–Crippen LogP) is 1.41. The van der Waals surface area contributed by atoms with Gasteiger partial charge in [-0.2, -0.15) is 4.98 Å². The van der Waals surface area contributed by atoms with Gasteiger partial charge < -0.3 is 18.8 Å². The minimum absolute atomic E-state index is 0.105. The van der Waals surface area contributed by atoms with Gasteiger partial charge in [-0.25, -0.2) is 0 Å². The van der Waals surface area contributed by atoms with E-state index in [0.29, 0.717) is 42.8 Å². The average molecular weight is 373 g/mol. The van der Waals surface area contributed by atoms with Gasteiger partial charge in [-0.05, 0) is 19.8 Å². The van der Waals surface area contributed by atoms with Gasteiger partial charge in [0.2, 0.25) is 11.8 Å². The second-order valence-corrected chi connectivity index (χ2v) is 7.43. The highest BCUT2D eigenvalue weighted by Crippen LogP contribution is 2.27. The summed E-state index contributed by atoms with van der Waals surface area (Å²) >= 11 is 0. The zero-order valence-corrected chi connectivity index (χ0v) is 15.6. The molecule has 0 aromatic carbocycles. The van der Waals surface area contributed by atoms with Gasteiger partial charge in [0.15, 0.2) is 11.5 Å². The lowest BCUT2D eigenvalue weighted by Crippen LogP contribution is -2.50. The largest absolute Gasteiger partial charge is 0.361 e. The molecule has 4 heterocycles. The molecule has 27 heavy (non-hydrogen) atoms. The molecule has 2 amide bonds. The van der Waals surface area contributed by atoms with Crippen molar-refractivity contribution in [3.05, 3.63) is 29.2 Å². The quantitative estimate of drug-likeness (QED) is 0.797. The molecule has 0 N–H and O–H groups in total. The number of hydrogen-bond acceptors (Lipinski definition) is 7. The maximum atomic E-state index is 12.2. The van der Waals surface area contributed by atoms with E-state index >= 15 is 0 Å². The number of carbonyl (C=O) groups is 2. The predicted molar refractivity (Wildman–Crippen MR) is 92.9 cm³/mol. The number of likely N-dealkylation sites (tertiary alicyclic amines) is 2. The lowest BCUT2D eigenvalue weighted by atomic mass is 9.95. The zero-order valence-electron chi connectivity index (χ0n) is 15.6. The molecule has 0 bridgehead atoms. The SMILES string of the molecule is CC(=O)N1CCC(c2noc(CC3CN(C(=O)c4cc(C)on4)C3)n2)CC1. The Balaban J connectivity index is 1.26. The molecular formula is C18H23N5O4. The Labute approximate surface area is 156 Å². The monoisotopic (exact) mass is 373 g/mol. The highest BCUT2D eigenvalue weighted by atomic mass is 16.5. The number of piperidine rings is 1. The van der Waals surface area contributed by atoms with E-state index in [4.69, 9.17) is 9.05 Å². The third-order valence-corrected chi connectivity index (χ3v) is 5.34. The Bertz CT molecular complexity index is 830. The van der Waals surface area contributed by atoms with Crippen molar-refractivity contribution in [1.29, 1.82) is 0 Å². The summed E-state index contributed by atoms with van der Waals surface area (Å²) in [7, 11) is 0. The van der Waals surface area contributed by atoms with Crippen LogP contribution in [0.1, 0.15) is 53.6 Å². The first-order valence-corrected chi connectivity index (χ1v) is 9.30. The van der Waals surface area contributed by atoms with Crippen LogP contribution >= 0.6 is 0 Å². The average Bonchev–Trinajstić information content (AvgIpc) is 3.26. The molecule has 0 unspecified atom stereocenters. The summed E-state index contributed by atoms with van der Waals surface area (Å²) in [6.45, 7) is 6.15. The fourth-order valence-electron chi connectivity index (χ4n) is 3.71. The number of carbonyl (C=O) groups excluding carboxylic acids is 2. The second-order valence-electron chi connectivity index (χ2n) is 7.43. The molecule has 9 nitrogen and oxygen atoms in total. The molecule has 2 aromatic rings. The van der Waals surface area contributed by atoms with Crippen LogP contribution < -0.4 is 0 Å². The van der Waals surface area contributed by atoms with Gasteiger partial charge in [0.1, 0.15) is 5.76 Å². The van der Waals surface area contributed by atoms with Crippen LogP contribution in [0.4, 0.5) is 0 Å². The lowest BCUT2D eigenvalue weighted by molar-refractivity contribution is -0.129. The molecule has 0 spiro atoms. The smallest absolute Gasteiger partial charge is 0.276 e. The van der Waals surface area contributed by atoms with Crippen LogP contribution in [-0.2, 0) is 11.2 Å². The molecule has 0 aliphatic carbocycles. The van der Waals surface area contributed by atoms with Crippen molar-refractivity contribution in [2.45, 2.75) is 39.0 Å². The van der Waals surface area contributed by atoms with E-state index in [0.717, 1.165) is 31.8 Å². The summed E-state index contributed by atoms with van der Waals surface area (Å²) in [5.41, 5.74) is 0.350. The van der Waals surface area contributed by atoms with Crippen molar-refractivity contribution in [3.63, 3.8) is 0 Å². The Kier molecular flexibility index (Phi) is 4.67. The molecule has 2 aliphatic heterocycles. The topological polar surface area (TPSA) is 106 Å². The fraction of sp³-hybridized carbons (Fsp3) is 0.611. The first kappa shape index (κ1) is 17.7. The van der Waals surface area contributed by atoms with Gasteiger partial charge in [-0.15, -0.1) is 0 Å². The van der Waals surface area contributed by atoms with E-state index < -0.39 is 0 Å². The Hall–Kier alpha value is -2.71. The van der Waals surface area contributed by atoms with E-state index in [2.05, 4.69) is 15.3 Å². The first-order chi connectivity index (χ1) is 13.0. The Morgan fingerprint density at radius 2 is 1.89 bits per heavy atom. The first-order valence-electron chi connectivity index (χ1n) is 9.30. The van der Waals surface area contributed by atoms with E-state index in [9.17, 15) is 9.59 Å². The van der Waals surface area contributed by atoms with Crippen LogP contribution in [0.3, 0.4) is 0 Å². The van der Waals surface area contributed by atoms with Crippen LogP contribution in [0.5, 0.6) is 0 Å². The van der Waals surface area contributed by atoms with Gasteiger partial charge in [0.25, 0.3) is 5.91 Å². The standard InChI is InChI=1S/C18H23N5O4/c1-11-7-15(20-26-11)18(25)23-9-13(10-23)8-16-19-17(21-27-16)14-3-5-22(6-4-14)12(2)24/h7,13-14H,3-6,8-10H2,1-2H3. The van der Waals surface area contributed by atoms with Gasteiger partial charge in [-0.1, -0.05) is 10.3 Å². The van der Waals surface area contributed by atoms with Crippen LogP contribution in [0.25, 0.3) is 0 Å². The van der Waals surface area contributed by atoms with Crippen molar-refractivity contribution in [1.82, 2.24) is 25.1 Å². The summed E-state index contributed by atoms with van der Waals surface area (Å²) in [4.78, 5) is 31.8. The number of rotatable bonds is 4. The summed E-state index contributed by atoms with van der Waals surface area (Å²) in [6, 6.07) is 1.65. The number of amides is 2.